The Balaban J connectivity index is 2.59. The lowest BCUT2D eigenvalue weighted by atomic mass is 9.84. The fraction of sp³-hybridized carbons (Fsp3) is 0.800. The number of primary amides is 1. The van der Waals surface area contributed by atoms with E-state index in [4.69, 9.17) is 5.73 Å². The van der Waals surface area contributed by atoms with Gasteiger partial charge >= 0.3 is 6.03 Å². The minimum atomic E-state index is -0.584. The van der Waals surface area contributed by atoms with Crippen LogP contribution >= 0.6 is 0 Å². The molecule has 1 aliphatic rings. The van der Waals surface area contributed by atoms with E-state index in [2.05, 4.69) is 24.4 Å². The Morgan fingerprint density at radius 1 is 1.50 bits per heavy atom. The highest BCUT2D eigenvalue weighted by molar-refractivity contribution is 5.86. The molecule has 0 bridgehead atoms. The van der Waals surface area contributed by atoms with Crippen LogP contribution < -0.4 is 11.2 Å². The predicted molar refractivity (Wildman–Crippen MR) is 57.0 cm³/mol. The fourth-order valence-electron chi connectivity index (χ4n) is 1.89. The molecule has 0 aromatic heterocycles. The normalized spacial score (nSPS) is 24.3. The summed E-state index contributed by atoms with van der Waals surface area (Å²) in [5, 5.41) is 4.03. The van der Waals surface area contributed by atoms with Crippen LogP contribution in [0.15, 0.2) is 5.10 Å². The van der Waals surface area contributed by atoms with Gasteiger partial charge in [0, 0.05) is 5.71 Å². The van der Waals surface area contributed by atoms with Gasteiger partial charge in [-0.25, -0.2) is 10.2 Å². The third-order valence-corrected chi connectivity index (χ3v) is 2.58. The Bertz CT molecular complexity index is 246. The lowest BCUT2D eigenvalue weighted by Crippen LogP contribution is -2.26. The quantitative estimate of drug-likeness (QED) is 0.490. The first-order valence-electron chi connectivity index (χ1n) is 5.10. The Morgan fingerprint density at radius 2 is 2.21 bits per heavy atom. The molecular formula is C10H19N3O. The van der Waals surface area contributed by atoms with E-state index in [1.807, 2.05) is 0 Å². The monoisotopic (exact) mass is 197 g/mol. The first-order valence-corrected chi connectivity index (χ1v) is 5.10. The summed E-state index contributed by atoms with van der Waals surface area (Å²) in [6, 6.07) is -0.584. The zero-order valence-electron chi connectivity index (χ0n) is 8.97. The van der Waals surface area contributed by atoms with Crippen LogP contribution in [0.25, 0.3) is 0 Å². The average molecular weight is 197 g/mol. The van der Waals surface area contributed by atoms with E-state index in [9.17, 15) is 4.79 Å². The molecule has 0 heterocycles. The van der Waals surface area contributed by atoms with Crippen molar-refractivity contribution in [2.75, 3.05) is 0 Å². The van der Waals surface area contributed by atoms with Gasteiger partial charge in [0.1, 0.15) is 0 Å². The van der Waals surface area contributed by atoms with Crippen LogP contribution in [-0.4, -0.2) is 11.7 Å². The molecule has 1 fully saturated rings. The number of hydrogen-bond donors (Lipinski definition) is 2. The highest BCUT2D eigenvalue weighted by atomic mass is 16.2. The molecule has 4 heteroatoms. The summed E-state index contributed by atoms with van der Waals surface area (Å²) in [7, 11) is 0. The molecule has 0 unspecified atom stereocenters. The fourth-order valence-corrected chi connectivity index (χ4v) is 1.89. The van der Waals surface area contributed by atoms with Crippen molar-refractivity contribution >= 4 is 11.7 Å². The van der Waals surface area contributed by atoms with Crippen molar-refractivity contribution < 1.29 is 4.79 Å². The summed E-state index contributed by atoms with van der Waals surface area (Å²) < 4.78 is 0. The van der Waals surface area contributed by atoms with Crippen LogP contribution in [0, 0.1) is 5.41 Å². The molecule has 0 saturated heterocycles. The van der Waals surface area contributed by atoms with E-state index >= 15 is 0 Å². The van der Waals surface area contributed by atoms with E-state index in [1.165, 1.54) is 12.8 Å². The number of nitrogens with one attached hydrogen (secondary N) is 1. The van der Waals surface area contributed by atoms with Gasteiger partial charge in [-0.1, -0.05) is 20.3 Å². The van der Waals surface area contributed by atoms with Crippen LogP contribution in [0.1, 0.15) is 46.0 Å². The van der Waals surface area contributed by atoms with Gasteiger partial charge in [-0.2, -0.15) is 5.10 Å². The van der Waals surface area contributed by atoms with Crippen molar-refractivity contribution in [1.29, 1.82) is 0 Å². The maximum absolute atomic E-state index is 10.5. The van der Waals surface area contributed by atoms with E-state index in [0.717, 1.165) is 25.0 Å². The first kappa shape index (κ1) is 11.0. The molecule has 0 radical (unpaired) electrons. The zero-order valence-corrected chi connectivity index (χ0v) is 8.97. The second-order valence-electron chi connectivity index (χ2n) is 4.70. The first-order chi connectivity index (χ1) is 6.49. The summed E-state index contributed by atoms with van der Waals surface area (Å²) in [4.78, 5) is 10.5. The highest BCUT2D eigenvalue weighted by Gasteiger charge is 2.23. The number of urea groups is 1. The number of hydrogen-bond acceptors (Lipinski definition) is 2. The third-order valence-electron chi connectivity index (χ3n) is 2.58. The van der Waals surface area contributed by atoms with Crippen LogP contribution in [0.5, 0.6) is 0 Å². The molecule has 14 heavy (non-hydrogen) atoms. The molecule has 1 rings (SSSR count). The third kappa shape index (κ3) is 3.77. The molecule has 0 aromatic rings. The van der Waals surface area contributed by atoms with Gasteiger partial charge in [-0.15, -0.1) is 0 Å². The second-order valence-corrected chi connectivity index (χ2v) is 4.70. The molecule has 3 N–H and O–H groups in total. The van der Waals surface area contributed by atoms with Crippen molar-refractivity contribution in [3.8, 4) is 0 Å². The largest absolute Gasteiger partial charge is 0.350 e. The maximum atomic E-state index is 10.5. The summed E-state index contributed by atoms with van der Waals surface area (Å²) in [5.41, 5.74) is 8.63. The molecule has 0 atom stereocenters. The minimum Gasteiger partial charge on any atom is -0.350 e. The van der Waals surface area contributed by atoms with Gasteiger partial charge in [0.05, 0.1) is 0 Å². The van der Waals surface area contributed by atoms with Gasteiger partial charge < -0.3 is 5.73 Å². The highest BCUT2D eigenvalue weighted by Crippen LogP contribution is 2.32. The Kier molecular flexibility index (Phi) is 3.49. The molecule has 0 aromatic carbocycles. The molecule has 1 saturated carbocycles. The zero-order chi connectivity index (χ0) is 10.6. The van der Waals surface area contributed by atoms with Crippen LogP contribution in [-0.2, 0) is 0 Å². The van der Waals surface area contributed by atoms with E-state index in [0.29, 0.717) is 5.41 Å². The number of rotatable bonds is 1. The van der Waals surface area contributed by atoms with Crippen LogP contribution in [0.2, 0.25) is 0 Å². The SMILES string of the molecule is CC1(C)CCCC/C(=N/NC(N)=O)C1. The topological polar surface area (TPSA) is 67.5 Å². The number of hydrazone groups is 1. The van der Waals surface area contributed by atoms with Crippen molar-refractivity contribution in [2.45, 2.75) is 46.0 Å². The Hall–Kier alpha value is -1.06. The molecule has 0 spiro atoms. The molecule has 80 valence electrons. The van der Waals surface area contributed by atoms with Crippen molar-refractivity contribution in [2.24, 2.45) is 16.3 Å². The van der Waals surface area contributed by atoms with Gasteiger partial charge in [0.25, 0.3) is 0 Å². The smallest absolute Gasteiger partial charge is 0.332 e. The Morgan fingerprint density at radius 3 is 2.86 bits per heavy atom. The molecule has 0 aliphatic heterocycles. The van der Waals surface area contributed by atoms with Crippen molar-refractivity contribution in [1.82, 2.24) is 5.43 Å². The van der Waals surface area contributed by atoms with Gasteiger partial charge in [0.2, 0.25) is 0 Å². The van der Waals surface area contributed by atoms with Crippen molar-refractivity contribution in [3.05, 3.63) is 0 Å². The second kappa shape index (κ2) is 4.44. The summed E-state index contributed by atoms with van der Waals surface area (Å²) in [6.07, 6.45) is 5.55. The number of nitrogens with two attached hydrogens (primary N) is 1. The van der Waals surface area contributed by atoms with Gasteiger partial charge in [0.15, 0.2) is 0 Å². The lowest BCUT2D eigenvalue weighted by Gasteiger charge is -2.21. The van der Waals surface area contributed by atoms with E-state index < -0.39 is 6.03 Å². The van der Waals surface area contributed by atoms with Crippen LogP contribution in [0.3, 0.4) is 0 Å². The molecule has 2 amide bonds. The number of carbonyl (C=O) groups is 1. The standard InChI is InChI=1S/C10H19N3O/c1-10(2)6-4-3-5-8(7-10)12-13-9(11)14/h3-7H2,1-2H3,(H3,11,13,14)/b12-8-. The van der Waals surface area contributed by atoms with E-state index in [1.54, 1.807) is 0 Å². The maximum Gasteiger partial charge on any atom is 0.332 e. The van der Waals surface area contributed by atoms with Gasteiger partial charge in [-0.3, -0.25) is 0 Å². The van der Waals surface area contributed by atoms with Crippen LogP contribution in [0.4, 0.5) is 4.79 Å². The van der Waals surface area contributed by atoms with Crippen molar-refractivity contribution in [3.63, 3.8) is 0 Å². The number of carbonyl (C=O) groups excluding carboxylic acids is 1. The number of amides is 2. The lowest BCUT2D eigenvalue weighted by molar-refractivity contribution is 0.249. The molecule has 4 nitrogen and oxygen atoms in total. The predicted octanol–water partition coefficient (Wildman–Crippen LogP) is 2.00. The summed E-state index contributed by atoms with van der Waals surface area (Å²) in [5.74, 6) is 0. The molecular weight excluding hydrogens is 178 g/mol. The minimum absolute atomic E-state index is 0.300. The van der Waals surface area contributed by atoms with Gasteiger partial charge in [-0.05, 0) is 31.1 Å². The summed E-state index contributed by atoms with van der Waals surface area (Å²) >= 11 is 0. The number of nitrogens with zero attached hydrogens (tertiary/aromatic N) is 1. The average Bonchev–Trinajstić information content (AvgIpc) is 2.22. The molecule has 1 aliphatic carbocycles. The van der Waals surface area contributed by atoms with E-state index in [-0.39, 0.29) is 0 Å². The summed E-state index contributed by atoms with van der Waals surface area (Å²) in [6.45, 7) is 4.47. The Labute approximate surface area is 84.9 Å².